The molecule has 0 fully saturated rings. The molecule has 0 heterocycles. The highest BCUT2D eigenvalue weighted by Gasteiger charge is 1.99. The van der Waals surface area contributed by atoms with Crippen LogP contribution in [0.1, 0.15) is 19.8 Å². The second-order valence-corrected chi connectivity index (χ2v) is 4.58. The van der Waals surface area contributed by atoms with Crippen molar-refractivity contribution in [3.63, 3.8) is 0 Å². The molecule has 0 aromatic carbocycles. The maximum atomic E-state index is 10.3. The molecule has 0 rings (SSSR count). The third-order valence-corrected chi connectivity index (χ3v) is 3.48. The zero-order valence-electron chi connectivity index (χ0n) is 6.41. The summed E-state index contributed by atoms with van der Waals surface area (Å²) in [6.07, 6.45) is 1.41. The molecule has 11 heavy (non-hydrogen) atoms. The minimum absolute atomic E-state index is 0.269. The van der Waals surface area contributed by atoms with E-state index in [0.717, 1.165) is 12.2 Å². The van der Waals surface area contributed by atoms with Gasteiger partial charge in [0.05, 0.1) is 0 Å². The molecule has 0 saturated heterocycles. The Morgan fingerprint density at radius 1 is 1.36 bits per heavy atom. The molecule has 0 unspecified atom stereocenters. The van der Waals surface area contributed by atoms with Crippen LogP contribution in [0.2, 0.25) is 0 Å². The number of hydrogen-bond acceptors (Lipinski definition) is 4. The Labute approximate surface area is 74.1 Å². The number of rotatable bonds is 6. The summed E-state index contributed by atoms with van der Waals surface area (Å²) in [5, 5.41) is 2.29. The molecule has 0 radical (unpaired) electrons. The molecular weight excluding hydrogens is 182 g/mol. The van der Waals surface area contributed by atoms with Crippen molar-refractivity contribution in [1.82, 2.24) is 0 Å². The van der Waals surface area contributed by atoms with Gasteiger partial charge in [0.1, 0.15) is 0 Å². The first kappa shape index (κ1) is 11.0. The van der Waals surface area contributed by atoms with E-state index in [1.54, 1.807) is 21.6 Å². The fourth-order valence-electron chi connectivity index (χ4n) is 0.376. The van der Waals surface area contributed by atoms with Crippen LogP contribution in [0, 0.1) is 4.91 Å². The summed E-state index contributed by atoms with van der Waals surface area (Å²) >= 11 is 0. The first-order valence-electron chi connectivity index (χ1n) is 3.41. The molecule has 0 aliphatic heterocycles. The summed E-state index contributed by atoms with van der Waals surface area (Å²) in [4.78, 5) is 20.0. The molecule has 0 aliphatic rings. The van der Waals surface area contributed by atoms with Gasteiger partial charge in [-0.15, -0.1) is 4.91 Å². The molecule has 64 valence electrons. The van der Waals surface area contributed by atoms with Gasteiger partial charge in [-0.2, -0.15) is 0 Å². The number of carbonyl (C=O) groups is 1. The van der Waals surface area contributed by atoms with Crippen molar-refractivity contribution in [2.75, 3.05) is 11.5 Å². The van der Waals surface area contributed by atoms with Gasteiger partial charge in [-0.05, 0) is 6.42 Å². The minimum Gasteiger partial charge on any atom is -0.269 e. The van der Waals surface area contributed by atoms with E-state index in [4.69, 9.17) is 0 Å². The van der Waals surface area contributed by atoms with Crippen molar-refractivity contribution in [3.05, 3.63) is 4.91 Å². The maximum absolute atomic E-state index is 10.3. The monoisotopic (exact) mass is 193 g/mol. The third kappa shape index (κ3) is 7.87. The topological polar surface area (TPSA) is 46.5 Å². The highest BCUT2D eigenvalue weighted by molar-refractivity contribution is 8.76. The van der Waals surface area contributed by atoms with Gasteiger partial charge in [0, 0.05) is 23.1 Å². The average molecular weight is 193 g/mol. The lowest BCUT2D eigenvalue weighted by Crippen LogP contribution is -1.92. The average Bonchev–Trinajstić information content (AvgIpc) is 2.04. The molecule has 0 aromatic heterocycles. The molecule has 0 aromatic rings. The van der Waals surface area contributed by atoms with E-state index in [2.05, 4.69) is 12.1 Å². The fraction of sp³-hybridized carbons (Fsp3) is 0.833. The largest absolute Gasteiger partial charge is 0.287 e. The Morgan fingerprint density at radius 2 is 2.00 bits per heavy atom. The van der Waals surface area contributed by atoms with E-state index in [0.29, 0.717) is 5.75 Å². The van der Waals surface area contributed by atoms with Gasteiger partial charge in [0.2, 0.25) is 0 Å². The first-order valence-corrected chi connectivity index (χ1v) is 5.90. The van der Waals surface area contributed by atoms with Crippen LogP contribution in [0.3, 0.4) is 0 Å². The molecule has 0 saturated carbocycles. The van der Waals surface area contributed by atoms with Crippen molar-refractivity contribution in [3.8, 4) is 0 Å². The number of carbonyl (C=O) groups excluding carboxylic acids is 1. The van der Waals surface area contributed by atoms with Gasteiger partial charge in [-0.3, -0.25) is 4.79 Å². The highest BCUT2D eigenvalue weighted by atomic mass is 33.1. The maximum Gasteiger partial charge on any atom is 0.287 e. The van der Waals surface area contributed by atoms with E-state index in [-0.39, 0.29) is 6.42 Å². The van der Waals surface area contributed by atoms with Gasteiger partial charge < -0.3 is 0 Å². The van der Waals surface area contributed by atoms with Gasteiger partial charge in [0.25, 0.3) is 5.91 Å². The van der Waals surface area contributed by atoms with Crippen molar-refractivity contribution in [1.29, 1.82) is 0 Å². The van der Waals surface area contributed by atoms with E-state index in [9.17, 15) is 9.70 Å². The molecule has 0 spiro atoms. The quantitative estimate of drug-likeness (QED) is 0.369. The summed E-state index contributed by atoms with van der Waals surface area (Å²) < 4.78 is 0. The van der Waals surface area contributed by atoms with Crippen molar-refractivity contribution < 1.29 is 4.79 Å². The smallest absolute Gasteiger partial charge is 0.269 e. The van der Waals surface area contributed by atoms with Gasteiger partial charge in [-0.1, -0.05) is 28.5 Å². The predicted molar refractivity (Wildman–Crippen MR) is 50.6 cm³/mol. The number of nitroso groups, excluding NO2 is 1. The lowest BCUT2D eigenvalue weighted by Gasteiger charge is -1.94. The van der Waals surface area contributed by atoms with Crippen LogP contribution in [0.25, 0.3) is 0 Å². The second kappa shape index (κ2) is 8.07. The molecule has 0 bridgehead atoms. The molecule has 0 N–H and O–H groups in total. The number of amides is 1. The Balaban J connectivity index is 3.01. The highest BCUT2D eigenvalue weighted by Crippen LogP contribution is 2.22. The summed E-state index contributed by atoms with van der Waals surface area (Å²) in [5.41, 5.74) is 0. The standard InChI is InChI=1S/C6H11NO2S2/c1-2-4-10-11-5-3-6(8)7-9/h2-5H2,1H3. The summed E-state index contributed by atoms with van der Waals surface area (Å²) in [5.74, 6) is 1.23. The van der Waals surface area contributed by atoms with Gasteiger partial charge in [0.15, 0.2) is 0 Å². The van der Waals surface area contributed by atoms with Crippen LogP contribution in [-0.4, -0.2) is 17.4 Å². The van der Waals surface area contributed by atoms with Crippen molar-refractivity contribution in [2.24, 2.45) is 5.18 Å². The molecule has 5 heteroatoms. The molecule has 3 nitrogen and oxygen atoms in total. The van der Waals surface area contributed by atoms with Crippen LogP contribution in [0.4, 0.5) is 0 Å². The van der Waals surface area contributed by atoms with Crippen molar-refractivity contribution >= 4 is 27.5 Å². The predicted octanol–water partition coefficient (Wildman–Crippen LogP) is 2.46. The van der Waals surface area contributed by atoms with Crippen LogP contribution in [-0.2, 0) is 4.79 Å². The van der Waals surface area contributed by atoms with Gasteiger partial charge in [-0.25, -0.2) is 0 Å². The zero-order valence-corrected chi connectivity index (χ0v) is 8.04. The minimum atomic E-state index is -0.547. The molecule has 1 amide bonds. The van der Waals surface area contributed by atoms with Crippen LogP contribution in [0.5, 0.6) is 0 Å². The third-order valence-electron chi connectivity index (χ3n) is 0.872. The Bertz CT molecular complexity index is 130. The van der Waals surface area contributed by atoms with Crippen LogP contribution in [0.15, 0.2) is 5.18 Å². The first-order chi connectivity index (χ1) is 5.31. The van der Waals surface area contributed by atoms with Crippen LogP contribution >= 0.6 is 21.6 Å². The van der Waals surface area contributed by atoms with E-state index in [1.807, 2.05) is 0 Å². The Kier molecular flexibility index (Phi) is 8.05. The Hall–Kier alpha value is -0.0300. The summed E-state index contributed by atoms with van der Waals surface area (Å²) in [6.45, 7) is 2.10. The van der Waals surface area contributed by atoms with E-state index in [1.165, 1.54) is 0 Å². The second-order valence-electron chi connectivity index (χ2n) is 1.88. The normalized spacial score (nSPS) is 9.55. The number of hydrogen-bond donors (Lipinski definition) is 0. The lowest BCUT2D eigenvalue weighted by molar-refractivity contribution is -0.117. The SMILES string of the molecule is CCCSSCCC(=O)N=O. The Morgan fingerprint density at radius 3 is 2.55 bits per heavy atom. The molecular formula is C6H11NO2S2. The van der Waals surface area contributed by atoms with Crippen LogP contribution < -0.4 is 0 Å². The summed E-state index contributed by atoms with van der Waals surface area (Å²) in [7, 11) is 3.34. The summed E-state index contributed by atoms with van der Waals surface area (Å²) in [6, 6.07) is 0. The lowest BCUT2D eigenvalue weighted by atomic mass is 10.5. The van der Waals surface area contributed by atoms with Crippen molar-refractivity contribution in [2.45, 2.75) is 19.8 Å². The van der Waals surface area contributed by atoms with E-state index < -0.39 is 5.91 Å². The zero-order chi connectivity index (χ0) is 8.53. The molecule has 0 aliphatic carbocycles. The fourth-order valence-corrected chi connectivity index (χ4v) is 2.49. The number of nitrogens with zero attached hydrogens (tertiary/aromatic N) is 1. The molecule has 0 atom stereocenters. The van der Waals surface area contributed by atoms with Gasteiger partial charge >= 0.3 is 0 Å². The van der Waals surface area contributed by atoms with E-state index >= 15 is 0 Å².